The molecule has 3 nitrogen and oxygen atoms in total. The van der Waals surface area contributed by atoms with Crippen molar-refractivity contribution >= 4 is 27.5 Å². The summed E-state index contributed by atoms with van der Waals surface area (Å²) >= 11 is 3.32. The summed E-state index contributed by atoms with van der Waals surface area (Å²) in [4.78, 5) is 11.3. The van der Waals surface area contributed by atoms with Gasteiger partial charge in [0.25, 0.3) is 0 Å². The molecule has 0 saturated heterocycles. The third-order valence-electron chi connectivity index (χ3n) is 2.04. The Morgan fingerprint density at radius 1 is 1.57 bits per heavy atom. The van der Waals surface area contributed by atoms with E-state index in [0.717, 1.165) is 11.3 Å². The summed E-state index contributed by atoms with van der Waals surface area (Å²) in [5, 5.41) is 0.686. The van der Waals surface area contributed by atoms with Gasteiger partial charge in [-0.2, -0.15) is 0 Å². The highest BCUT2D eigenvalue weighted by molar-refractivity contribution is 9.09. The summed E-state index contributed by atoms with van der Waals surface area (Å²) in [7, 11) is 3.18. The Labute approximate surface area is 91.5 Å². The minimum atomic E-state index is -0.332. The van der Waals surface area contributed by atoms with E-state index in [1.807, 2.05) is 13.1 Å². The average Bonchev–Trinajstić information content (AvgIpc) is 2.58. The van der Waals surface area contributed by atoms with Gasteiger partial charge < -0.3 is 9.30 Å². The molecule has 0 aliphatic rings. The third-order valence-corrected chi connectivity index (χ3v) is 2.72. The number of aromatic nitrogens is 1. The molecule has 1 aromatic heterocycles. The maximum Gasteiger partial charge on any atom is 0.354 e. The highest BCUT2D eigenvalue weighted by Gasteiger charge is 2.13. The van der Waals surface area contributed by atoms with Crippen LogP contribution < -0.4 is 0 Å². The largest absolute Gasteiger partial charge is 0.464 e. The van der Waals surface area contributed by atoms with Gasteiger partial charge in [0.15, 0.2) is 0 Å². The van der Waals surface area contributed by atoms with Crippen molar-refractivity contribution in [2.45, 2.75) is 0 Å². The molecule has 1 rings (SSSR count). The molecule has 0 saturated carbocycles. The minimum absolute atomic E-state index is 0.332. The number of hydrogen-bond donors (Lipinski definition) is 0. The van der Waals surface area contributed by atoms with Crippen LogP contribution in [0.5, 0.6) is 0 Å². The second-order valence-corrected chi connectivity index (χ2v) is 3.45. The van der Waals surface area contributed by atoms with Gasteiger partial charge in [-0.05, 0) is 17.7 Å². The first-order valence-corrected chi connectivity index (χ1v) is 5.22. The first-order valence-electron chi connectivity index (χ1n) is 4.10. The number of esters is 1. The van der Waals surface area contributed by atoms with Crippen molar-refractivity contribution in [1.29, 1.82) is 0 Å². The Bertz CT molecular complexity index is 335. The molecule has 0 amide bonds. The van der Waals surface area contributed by atoms with Crippen molar-refractivity contribution < 1.29 is 9.53 Å². The van der Waals surface area contributed by atoms with Crippen LogP contribution in [0.2, 0.25) is 0 Å². The van der Waals surface area contributed by atoms with E-state index in [4.69, 9.17) is 0 Å². The Hall–Kier alpha value is -1.03. The van der Waals surface area contributed by atoms with E-state index in [0.29, 0.717) is 11.0 Å². The Balaban J connectivity index is 3.08. The van der Waals surface area contributed by atoms with Crippen LogP contribution in [0.3, 0.4) is 0 Å². The normalized spacial score (nSPS) is 9.93. The highest BCUT2D eigenvalue weighted by Crippen LogP contribution is 2.17. The molecule has 0 N–H and O–H groups in total. The number of allylic oxidation sites excluding steroid dienone is 1. The fourth-order valence-electron chi connectivity index (χ4n) is 1.24. The second kappa shape index (κ2) is 4.46. The number of rotatable bonds is 3. The fourth-order valence-corrected chi connectivity index (χ4v) is 1.53. The number of nitrogens with zero attached hydrogens (tertiary/aromatic N) is 1. The van der Waals surface area contributed by atoms with E-state index >= 15 is 0 Å². The summed E-state index contributed by atoms with van der Waals surface area (Å²) in [5.74, 6) is -0.332. The molecule has 1 aromatic rings. The monoisotopic (exact) mass is 257 g/mol. The van der Waals surface area contributed by atoms with E-state index < -0.39 is 0 Å². The van der Waals surface area contributed by atoms with Crippen LogP contribution >= 0.6 is 15.9 Å². The quantitative estimate of drug-likeness (QED) is 0.615. The number of carbonyl (C=O) groups excluding carboxylic acids is 1. The van der Waals surface area contributed by atoms with E-state index in [9.17, 15) is 4.79 Å². The second-order valence-electron chi connectivity index (χ2n) is 2.89. The molecule has 0 atom stereocenters. The fraction of sp³-hybridized carbons (Fsp3) is 0.300. The predicted octanol–water partition coefficient (Wildman–Crippen LogP) is 2.22. The molecule has 0 aromatic carbocycles. The van der Waals surface area contributed by atoms with Crippen molar-refractivity contribution in [1.82, 2.24) is 4.57 Å². The van der Waals surface area contributed by atoms with Gasteiger partial charge in [0.1, 0.15) is 5.69 Å². The molecule has 0 aliphatic heterocycles. The first kappa shape index (κ1) is 11.0. The molecule has 1 heterocycles. The lowest BCUT2D eigenvalue weighted by Crippen LogP contribution is -2.09. The Morgan fingerprint density at radius 3 is 2.64 bits per heavy atom. The van der Waals surface area contributed by atoms with Gasteiger partial charge in [0.2, 0.25) is 0 Å². The van der Waals surface area contributed by atoms with Gasteiger partial charge in [-0.3, -0.25) is 0 Å². The van der Waals surface area contributed by atoms with Crippen LogP contribution in [0, 0.1) is 0 Å². The number of carbonyl (C=O) groups is 1. The van der Waals surface area contributed by atoms with E-state index in [2.05, 4.69) is 27.2 Å². The number of ether oxygens (including phenoxy) is 1. The lowest BCUT2D eigenvalue weighted by molar-refractivity contribution is 0.0590. The van der Waals surface area contributed by atoms with Gasteiger partial charge in [-0.1, -0.05) is 22.5 Å². The van der Waals surface area contributed by atoms with Gasteiger partial charge in [-0.25, -0.2) is 4.79 Å². The molecule has 14 heavy (non-hydrogen) atoms. The van der Waals surface area contributed by atoms with E-state index in [1.165, 1.54) is 7.11 Å². The van der Waals surface area contributed by atoms with Crippen LogP contribution in [0.1, 0.15) is 16.2 Å². The van der Waals surface area contributed by atoms with Gasteiger partial charge >= 0.3 is 5.97 Å². The van der Waals surface area contributed by atoms with Gasteiger partial charge in [0.05, 0.1) is 7.11 Å². The Morgan fingerprint density at radius 2 is 2.14 bits per heavy atom. The zero-order valence-electron chi connectivity index (χ0n) is 8.21. The zero-order valence-corrected chi connectivity index (χ0v) is 9.80. The SMILES string of the molecule is C=C(CBr)c1ccc(C(=O)OC)n1C. The van der Waals surface area contributed by atoms with E-state index in [-0.39, 0.29) is 5.97 Å². The molecule has 0 aliphatic carbocycles. The van der Waals surface area contributed by atoms with Crippen LogP contribution in [0.15, 0.2) is 18.7 Å². The van der Waals surface area contributed by atoms with Crippen molar-refractivity contribution in [3.05, 3.63) is 30.1 Å². The van der Waals surface area contributed by atoms with E-state index in [1.54, 1.807) is 10.6 Å². The number of hydrogen-bond acceptors (Lipinski definition) is 2. The van der Waals surface area contributed by atoms with Crippen LogP contribution in [0.25, 0.3) is 5.57 Å². The van der Waals surface area contributed by atoms with Gasteiger partial charge in [-0.15, -0.1) is 0 Å². The topological polar surface area (TPSA) is 31.2 Å². The number of halogens is 1. The minimum Gasteiger partial charge on any atom is -0.464 e. The summed E-state index contributed by atoms with van der Waals surface area (Å²) in [6, 6.07) is 3.59. The number of alkyl halides is 1. The molecular weight excluding hydrogens is 246 g/mol. The van der Waals surface area contributed by atoms with Gasteiger partial charge in [0, 0.05) is 18.1 Å². The molecule has 0 unspecified atom stereocenters. The van der Waals surface area contributed by atoms with Crippen molar-refractivity contribution in [3.63, 3.8) is 0 Å². The molecule has 0 fully saturated rings. The van der Waals surface area contributed by atoms with Crippen LogP contribution in [-0.2, 0) is 11.8 Å². The maximum atomic E-state index is 11.3. The zero-order chi connectivity index (χ0) is 10.7. The highest BCUT2D eigenvalue weighted by atomic mass is 79.9. The van der Waals surface area contributed by atoms with Crippen molar-refractivity contribution in [2.24, 2.45) is 7.05 Å². The lowest BCUT2D eigenvalue weighted by atomic mass is 10.2. The van der Waals surface area contributed by atoms with Crippen LogP contribution in [-0.4, -0.2) is 23.0 Å². The lowest BCUT2D eigenvalue weighted by Gasteiger charge is -2.06. The summed E-state index contributed by atoms with van der Waals surface area (Å²) in [6.45, 7) is 3.88. The number of methoxy groups -OCH3 is 1. The molecule has 0 bridgehead atoms. The molecular formula is C10H12BrNO2. The molecule has 76 valence electrons. The van der Waals surface area contributed by atoms with Crippen molar-refractivity contribution in [3.8, 4) is 0 Å². The maximum absolute atomic E-state index is 11.3. The first-order chi connectivity index (χ1) is 6.61. The standard InChI is InChI=1S/C10H12BrNO2/c1-7(6-11)8-4-5-9(12(8)2)10(13)14-3/h4-5H,1,6H2,2-3H3. The van der Waals surface area contributed by atoms with Crippen molar-refractivity contribution in [2.75, 3.05) is 12.4 Å². The summed E-state index contributed by atoms with van der Waals surface area (Å²) in [6.07, 6.45) is 0. The summed E-state index contributed by atoms with van der Waals surface area (Å²) < 4.78 is 6.42. The third kappa shape index (κ3) is 1.90. The molecule has 4 heteroatoms. The molecule has 0 radical (unpaired) electrons. The molecule has 0 spiro atoms. The summed E-state index contributed by atoms with van der Waals surface area (Å²) in [5.41, 5.74) is 2.40. The predicted molar refractivity (Wildman–Crippen MR) is 59.6 cm³/mol. The Kier molecular flexibility index (Phi) is 3.52. The smallest absolute Gasteiger partial charge is 0.354 e. The van der Waals surface area contributed by atoms with Crippen LogP contribution in [0.4, 0.5) is 0 Å². The average molecular weight is 258 g/mol.